The van der Waals surface area contributed by atoms with E-state index in [9.17, 15) is 0 Å². The first-order valence-electron chi connectivity index (χ1n) is 17.6. The molecule has 1 aliphatic heterocycles. The minimum atomic E-state index is -0.210. The Hall–Kier alpha value is -5.22. The maximum atomic E-state index is 5.78. The summed E-state index contributed by atoms with van der Waals surface area (Å²) in [5.74, 6) is 0.290. The third kappa shape index (κ3) is 5.62. The van der Waals surface area contributed by atoms with Crippen molar-refractivity contribution in [2.75, 3.05) is 0 Å². The van der Waals surface area contributed by atoms with E-state index in [2.05, 4.69) is 178 Å². The fourth-order valence-electron chi connectivity index (χ4n) is 7.86. The SMILES string of the molecule is C=C(C)C(N=C(c1ccc(-c2ccccc2)cc1)c1sc2ccccc2c1C)C1=CC2Sc3c(-c4ccccc4)cccc3C2c2ccccc21. The van der Waals surface area contributed by atoms with Gasteiger partial charge in [0.2, 0.25) is 0 Å². The summed E-state index contributed by atoms with van der Waals surface area (Å²) in [6.45, 7) is 8.98. The van der Waals surface area contributed by atoms with Crippen LogP contribution in [0.5, 0.6) is 0 Å². The van der Waals surface area contributed by atoms with Crippen LogP contribution < -0.4 is 0 Å². The van der Waals surface area contributed by atoms with Gasteiger partial charge in [0.15, 0.2) is 0 Å². The van der Waals surface area contributed by atoms with Gasteiger partial charge in [0.1, 0.15) is 0 Å². The number of hydrogen-bond donors (Lipinski definition) is 0. The quantitative estimate of drug-likeness (QED) is 0.120. The molecule has 9 rings (SSSR count). The van der Waals surface area contributed by atoms with Crippen molar-refractivity contribution >= 4 is 44.5 Å². The van der Waals surface area contributed by atoms with Crippen molar-refractivity contribution in [3.8, 4) is 22.3 Å². The van der Waals surface area contributed by atoms with E-state index < -0.39 is 0 Å². The first kappa shape index (κ1) is 31.7. The first-order valence-corrected chi connectivity index (χ1v) is 19.3. The van der Waals surface area contributed by atoms with Gasteiger partial charge in [-0.15, -0.1) is 23.1 Å². The maximum Gasteiger partial charge on any atom is 0.0965 e. The number of nitrogens with zero attached hydrogens (tertiary/aromatic N) is 1. The van der Waals surface area contributed by atoms with Gasteiger partial charge >= 0.3 is 0 Å². The molecule has 7 aromatic rings. The molecule has 1 aliphatic carbocycles. The van der Waals surface area contributed by atoms with E-state index >= 15 is 0 Å². The molecular weight excluding hydrogens is 655 g/mol. The van der Waals surface area contributed by atoms with Gasteiger partial charge in [0, 0.05) is 26.3 Å². The number of hydrogen-bond acceptors (Lipinski definition) is 3. The third-order valence-electron chi connectivity index (χ3n) is 10.3. The zero-order valence-corrected chi connectivity index (χ0v) is 30.3. The van der Waals surface area contributed by atoms with Gasteiger partial charge in [-0.25, -0.2) is 0 Å². The molecule has 2 aliphatic rings. The lowest BCUT2D eigenvalue weighted by atomic mass is 9.76. The van der Waals surface area contributed by atoms with Gasteiger partial charge in [-0.2, -0.15) is 0 Å². The molecule has 246 valence electrons. The van der Waals surface area contributed by atoms with Crippen molar-refractivity contribution in [1.29, 1.82) is 0 Å². The van der Waals surface area contributed by atoms with E-state index in [1.165, 1.54) is 69.9 Å². The van der Waals surface area contributed by atoms with Crippen LogP contribution in [-0.4, -0.2) is 17.0 Å². The molecule has 51 heavy (non-hydrogen) atoms. The highest BCUT2D eigenvalue weighted by molar-refractivity contribution is 8.00. The van der Waals surface area contributed by atoms with Crippen molar-refractivity contribution in [3.63, 3.8) is 0 Å². The van der Waals surface area contributed by atoms with Gasteiger partial charge in [-0.1, -0.05) is 164 Å². The predicted molar refractivity (Wildman–Crippen MR) is 220 cm³/mol. The number of thioether (sulfide) groups is 1. The normalized spacial score (nSPS) is 17.0. The van der Waals surface area contributed by atoms with Crippen LogP contribution in [0.15, 0.2) is 180 Å². The molecule has 3 unspecified atom stereocenters. The van der Waals surface area contributed by atoms with Crippen LogP contribution in [0.4, 0.5) is 0 Å². The Balaban J connectivity index is 1.20. The lowest BCUT2D eigenvalue weighted by Gasteiger charge is -2.31. The van der Waals surface area contributed by atoms with E-state index in [-0.39, 0.29) is 11.3 Å². The Morgan fingerprint density at radius 2 is 1.27 bits per heavy atom. The molecule has 0 N–H and O–H groups in total. The van der Waals surface area contributed by atoms with Crippen LogP contribution in [0.25, 0.3) is 37.9 Å². The van der Waals surface area contributed by atoms with E-state index in [0.29, 0.717) is 5.92 Å². The van der Waals surface area contributed by atoms with E-state index in [1.54, 1.807) is 0 Å². The minimum absolute atomic E-state index is 0.210. The highest BCUT2D eigenvalue weighted by atomic mass is 32.2. The van der Waals surface area contributed by atoms with Gasteiger partial charge in [0.25, 0.3) is 0 Å². The lowest BCUT2D eigenvalue weighted by Crippen LogP contribution is -2.22. The number of benzene rings is 6. The second-order valence-corrected chi connectivity index (χ2v) is 15.8. The molecule has 0 fully saturated rings. The molecule has 0 saturated heterocycles. The van der Waals surface area contributed by atoms with Crippen LogP contribution >= 0.6 is 23.1 Å². The summed E-state index contributed by atoms with van der Waals surface area (Å²) in [5, 5.41) is 1.56. The molecule has 0 bridgehead atoms. The zero-order chi connectivity index (χ0) is 34.5. The highest BCUT2D eigenvalue weighted by Gasteiger charge is 2.40. The largest absolute Gasteiger partial charge is 0.271 e. The summed E-state index contributed by atoms with van der Waals surface area (Å²) >= 11 is 3.84. The zero-order valence-electron chi connectivity index (χ0n) is 28.7. The fourth-order valence-corrected chi connectivity index (χ4v) is 10.6. The monoisotopic (exact) mass is 691 g/mol. The fraction of sp³-hybridized carbons (Fsp3) is 0.104. The van der Waals surface area contributed by atoms with Gasteiger partial charge in [-0.3, -0.25) is 4.99 Å². The average Bonchev–Trinajstić information content (AvgIpc) is 3.73. The minimum Gasteiger partial charge on any atom is -0.271 e. The number of rotatable bonds is 7. The van der Waals surface area contributed by atoms with Crippen molar-refractivity contribution in [2.24, 2.45) is 4.99 Å². The van der Waals surface area contributed by atoms with Crippen LogP contribution in [0, 0.1) is 6.92 Å². The Bertz CT molecular complexity index is 2490. The second kappa shape index (κ2) is 13.2. The molecule has 1 aromatic heterocycles. The summed E-state index contributed by atoms with van der Waals surface area (Å²) < 4.78 is 1.28. The van der Waals surface area contributed by atoms with E-state index in [0.717, 1.165) is 16.8 Å². The van der Waals surface area contributed by atoms with E-state index in [1.807, 2.05) is 23.1 Å². The van der Waals surface area contributed by atoms with Crippen LogP contribution in [-0.2, 0) is 0 Å². The summed E-state index contributed by atoms with van der Waals surface area (Å²) in [6.07, 6.45) is 2.52. The number of fused-ring (bicyclic) bond motifs is 6. The predicted octanol–water partition coefficient (Wildman–Crippen LogP) is 13.0. The van der Waals surface area contributed by atoms with Crippen molar-refractivity contribution in [1.82, 2.24) is 0 Å². The molecule has 3 atom stereocenters. The van der Waals surface area contributed by atoms with Crippen molar-refractivity contribution < 1.29 is 0 Å². The second-order valence-electron chi connectivity index (χ2n) is 13.6. The number of aliphatic imine (C=N–C) groups is 1. The van der Waals surface area contributed by atoms with E-state index in [4.69, 9.17) is 4.99 Å². The summed E-state index contributed by atoms with van der Waals surface area (Å²) in [5.41, 5.74) is 14.8. The summed E-state index contributed by atoms with van der Waals surface area (Å²) in [7, 11) is 0. The lowest BCUT2D eigenvalue weighted by molar-refractivity contribution is 0.824. The van der Waals surface area contributed by atoms with Crippen LogP contribution in [0.1, 0.15) is 45.5 Å². The summed E-state index contributed by atoms with van der Waals surface area (Å²) in [6, 6.07) is 54.7. The van der Waals surface area contributed by atoms with Crippen molar-refractivity contribution in [3.05, 3.63) is 203 Å². The standard InChI is InChI=1S/C48H37NS2/c1-30(2)45(41-29-43-44(39-21-11-10-20-38(39)41)40-23-14-22-37(48(40)51-43)34-17-8-5-9-18-34)49-46(47-31(3)36-19-12-13-24-42(36)50-47)35-27-25-33(26-28-35)32-15-6-4-7-16-32/h4-29,43-45H,1H2,2-3H3. The molecule has 0 spiro atoms. The molecule has 1 nitrogen and oxygen atoms in total. The van der Waals surface area contributed by atoms with Crippen LogP contribution in [0.2, 0.25) is 0 Å². The first-order chi connectivity index (χ1) is 25.0. The smallest absolute Gasteiger partial charge is 0.0965 e. The van der Waals surface area contributed by atoms with Gasteiger partial charge in [-0.05, 0) is 75.4 Å². The molecule has 0 amide bonds. The number of aryl methyl sites for hydroxylation is 1. The molecule has 0 radical (unpaired) electrons. The molecule has 2 heterocycles. The number of thiophene rings is 1. The molecular formula is C48H37NS2. The van der Waals surface area contributed by atoms with Gasteiger partial charge < -0.3 is 0 Å². The van der Waals surface area contributed by atoms with Crippen LogP contribution in [0.3, 0.4) is 0 Å². The topological polar surface area (TPSA) is 12.4 Å². The Morgan fingerprint density at radius 3 is 2.02 bits per heavy atom. The highest BCUT2D eigenvalue weighted by Crippen LogP contribution is 2.56. The summed E-state index contributed by atoms with van der Waals surface area (Å²) in [4.78, 5) is 8.38. The molecule has 0 saturated carbocycles. The van der Waals surface area contributed by atoms with Gasteiger partial charge in [0.05, 0.1) is 16.6 Å². The maximum absolute atomic E-state index is 5.78. The van der Waals surface area contributed by atoms with Crippen molar-refractivity contribution in [2.45, 2.75) is 36.0 Å². The Kier molecular flexibility index (Phi) is 8.19. The molecule has 6 aromatic carbocycles. The Labute approximate surface area is 308 Å². The Morgan fingerprint density at radius 1 is 0.647 bits per heavy atom. The molecule has 3 heteroatoms. The third-order valence-corrected chi connectivity index (χ3v) is 13.0. The average molecular weight is 692 g/mol.